The summed E-state index contributed by atoms with van der Waals surface area (Å²) in [6, 6.07) is 1.68. The van der Waals surface area contributed by atoms with Crippen LogP contribution in [0, 0.1) is 0 Å². The van der Waals surface area contributed by atoms with E-state index < -0.39 is 5.54 Å². The Balaban J connectivity index is 0.00000121. The molecule has 0 unspecified atom stereocenters. The second-order valence-electron chi connectivity index (χ2n) is 2.96. The third-order valence-corrected chi connectivity index (χ3v) is 1.33. The second kappa shape index (κ2) is 3.78. The first kappa shape index (κ1) is 11.3. The normalized spacial score (nSPS) is 10.7. The second-order valence-corrected chi connectivity index (χ2v) is 2.96. The summed E-state index contributed by atoms with van der Waals surface area (Å²) in [6.45, 7) is 3.68. The molecular weight excluding hydrogens is 180 g/mol. The summed E-state index contributed by atoms with van der Waals surface area (Å²) < 4.78 is 9.75. The summed E-state index contributed by atoms with van der Waals surface area (Å²) in [5, 5.41) is 3.62. The molecule has 12 heavy (non-hydrogen) atoms. The molecule has 1 rings (SSSR count). The lowest BCUT2D eigenvalue weighted by molar-refractivity contribution is 0.296. The average Bonchev–Trinajstić information content (AvgIpc) is 2.32. The zero-order valence-electron chi connectivity index (χ0n) is 7.33. The summed E-state index contributed by atoms with van der Waals surface area (Å²) in [4.78, 5) is 0. The molecule has 0 radical (unpaired) electrons. The zero-order chi connectivity index (χ0) is 8.48. The summed E-state index contributed by atoms with van der Waals surface area (Å²) in [5.41, 5.74) is 5.24. The van der Waals surface area contributed by atoms with Crippen LogP contribution in [0.4, 0.5) is 0 Å². The Morgan fingerprint density at radius 2 is 2.17 bits per heavy atom. The number of aromatic nitrogens is 1. The van der Waals surface area contributed by atoms with Gasteiger partial charge in [-0.1, -0.05) is 0 Å². The number of methoxy groups -OCH3 is 1. The highest BCUT2D eigenvalue weighted by Gasteiger charge is 2.20. The van der Waals surface area contributed by atoms with Gasteiger partial charge in [-0.2, -0.15) is 0 Å². The Morgan fingerprint density at radius 3 is 2.42 bits per heavy atom. The summed E-state index contributed by atoms with van der Waals surface area (Å²) in [5.74, 6) is 1.08. The van der Waals surface area contributed by atoms with Gasteiger partial charge >= 0.3 is 0 Å². The maximum absolute atomic E-state index is 5.74. The van der Waals surface area contributed by atoms with Gasteiger partial charge in [-0.3, -0.25) is 0 Å². The Morgan fingerprint density at radius 1 is 1.58 bits per heavy atom. The molecule has 0 atom stereocenters. The average molecular weight is 193 g/mol. The lowest BCUT2D eigenvalue weighted by atomic mass is 10.0. The van der Waals surface area contributed by atoms with Crippen molar-refractivity contribution >= 4 is 12.4 Å². The number of hydrogen-bond acceptors (Lipinski definition) is 4. The van der Waals surface area contributed by atoms with Gasteiger partial charge in [0.1, 0.15) is 0 Å². The molecule has 1 heterocycles. The van der Waals surface area contributed by atoms with E-state index >= 15 is 0 Å². The molecule has 1 aromatic heterocycles. The van der Waals surface area contributed by atoms with E-state index in [9.17, 15) is 0 Å². The van der Waals surface area contributed by atoms with E-state index in [4.69, 9.17) is 15.0 Å². The number of nitrogens with two attached hydrogens (primary N) is 1. The summed E-state index contributed by atoms with van der Waals surface area (Å²) in [6.07, 6.45) is 0. The molecule has 0 aliphatic heterocycles. The monoisotopic (exact) mass is 192 g/mol. The minimum absolute atomic E-state index is 0. The van der Waals surface area contributed by atoms with Crippen molar-refractivity contribution in [2.24, 2.45) is 5.73 Å². The van der Waals surface area contributed by atoms with E-state index in [-0.39, 0.29) is 12.4 Å². The molecule has 0 saturated heterocycles. The van der Waals surface area contributed by atoms with Gasteiger partial charge in [0.15, 0.2) is 5.76 Å². The predicted octanol–water partition coefficient (Wildman–Crippen LogP) is 1.30. The molecule has 0 bridgehead atoms. The highest BCUT2D eigenvalue weighted by molar-refractivity contribution is 5.85. The fourth-order valence-corrected chi connectivity index (χ4v) is 0.659. The van der Waals surface area contributed by atoms with E-state index in [1.165, 1.54) is 7.11 Å². The van der Waals surface area contributed by atoms with Crippen LogP contribution in [0.25, 0.3) is 0 Å². The lowest BCUT2D eigenvalue weighted by Gasteiger charge is -2.12. The van der Waals surface area contributed by atoms with E-state index in [0.717, 1.165) is 0 Å². The molecule has 0 aliphatic carbocycles. The molecule has 70 valence electrons. The maximum atomic E-state index is 5.74. The maximum Gasteiger partial charge on any atom is 0.254 e. The topological polar surface area (TPSA) is 61.3 Å². The van der Waals surface area contributed by atoms with Gasteiger partial charge in [-0.15, -0.1) is 12.4 Å². The van der Waals surface area contributed by atoms with Gasteiger partial charge in [-0.05, 0) is 19.0 Å². The van der Waals surface area contributed by atoms with Crippen molar-refractivity contribution in [2.75, 3.05) is 7.11 Å². The Bertz CT molecular complexity index is 242. The van der Waals surface area contributed by atoms with Crippen LogP contribution in [0.5, 0.6) is 5.88 Å². The minimum Gasteiger partial charge on any atom is -0.479 e. The van der Waals surface area contributed by atoms with Crippen LogP contribution in [0.2, 0.25) is 0 Å². The first-order valence-electron chi connectivity index (χ1n) is 3.34. The number of hydrogen-bond donors (Lipinski definition) is 1. The van der Waals surface area contributed by atoms with Crippen molar-refractivity contribution in [1.29, 1.82) is 0 Å². The molecule has 0 aromatic carbocycles. The minimum atomic E-state index is -0.496. The van der Waals surface area contributed by atoms with Crippen molar-refractivity contribution in [3.8, 4) is 5.88 Å². The fraction of sp³-hybridized carbons (Fsp3) is 0.571. The van der Waals surface area contributed by atoms with E-state index in [1.807, 2.05) is 13.8 Å². The first-order valence-corrected chi connectivity index (χ1v) is 3.34. The largest absolute Gasteiger partial charge is 0.479 e. The SMILES string of the molecule is COc1cc(C(C)(C)N)on1.Cl. The van der Waals surface area contributed by atoms with Crippen LogP contribution in [-0.4, -0.2) is 12.3 Å². The molecular formula is C7H13ClN2O2. The first-order chi connectivity index (χ1) is 5.04. The van der Waals surface area contributed by atoms with Crippen molar-refractivity contribution in [3.63, 3.8) is 0 Å². The molecule has 4 nitrogen and oxygen atoms in total. The van der Waals surface area contributed by atoms with Crippen molar-refractivity contribution < 1.29 is 9.26 Å². The zero-order valence-corrected chi connectivity index (χ0v) is 8.14. The molecule has 0 fully saturated rings. The van der Waals surface area contributed by atoms with E-state index in [1.54, 1.807) is 6.07 Å². The number of ether oxygens (including phenoxy) is 1. The van der Waals surface area contributed by atoms with Gasteiger partial charge < -0.3 is 15.0 Å². The highest BCUT2D eigenvalue weighted by Crippen LogP contribution is 2.20. The molecule has 1 aromatic rings. The third kappa shape index (κ3) is 2.39. The van der Waals surface area contributed by atoms with Crippen molar-refractivity contribution in [1.82, 2.24) is 5.16 Å². The predicted molar refractivity (Wildman–Crippen MR) is 47.5 cm³/mol. The highest BCUT2D eigenvalue weighted by atomic mass is 35.5. The van der Waals surface area contributed by atoms with Gasteiger partial charge in [0.2, 0.25) is 0 Å². The smallest absolute Gasteiger partial charge is 0.254 e. The fourth-order valence-electron chi connectivity index (χ4n) is 0.659. The van der Waals surface area contributed by atoms with Crippen LogP contribution in [0.15, 0.2) is 10.6 Å². The third-order valence-electron chi connectivity index (χ3n) is 1.33. The van der Waals surface area contributed by atoms with Crippen LogP contribution in [0.1, 0.15) is 19.6 Å². The van der Waals surface area contributed by atoms with Gasteiger partial charge in [0.25, 0.3) is 5.88 Å². The Kier molecular flexibility index (Phi) is 3.55. The van der Waals surface area contributed by atoms with Crippen LogP contribution < -0.4 is 10.5 Å². The number of halogens is 1. The molecule has 0 aliphatic rings. The number of rotatable bonds is 2. The lowest BCUT2D eigenvalue weighted by Crippen LogP contribution is -2.27. The summed E-state index contributed by atoms with van der Waals surface area (Å²) >= 11 is 0. The molecule has 0 amide bonds. The standard InChI is InChI=1S/C7H12N2O2.ClH/c1-7(2,8)5-4-6(10-3)9-11-5;/h4H,8H2,1-3H3;1H. The van der Waals surface area contributed by atoms with E-state index in [0.29, 0.717) is 11.6 Å². The quantitative estimate of drug-likeness (QED) is 0.768. The molecule has 5 heteroatoms. The van der Waals surface area contributed by atoms with Crippen LogP contribution in [-0.2, 0) is 5.54 Å². The van der Waals surface area contributed by atoms with Crippen molar-refractivity contribution in [2.45, 2.75) is 19.4 Å². The Labute approximate surface area is 77.5 Å². The molecule has 2 N–H and O–H groups in total. The van der Waals surface area contributed by atoms with Crippen LogP contribution >= 0.6 is 12.4 Å². The van der Waals surface area contributed by atoms with Crippen LogP contribution in [0.3, 0.4) is 0 Å². The van der Waals surface area contributed by atoms with Gasteiger partial charge in [-0.25, -0.2) is 0 Å². The number of nitrogens with zero attached hydrogens (tertiary/aromatic N) is 1. The van der Waals surface area contributed by atoms with Gasteiger partial charge in [0, 0.05) is 6.07 Å². The van der Waals surface area contributed by atoms with Crippen molar-refractivity contribution in [3.05, 3.63) is 11.8 Å². The van der Waals surface area contributed by atoms with Gasteiger partial charge in [0.05, 0.1) is 12.6 Å². The molecule has 0 spiro atoms. The molecule has 0 saturated carbocycles. The Hall–Kier alpha value is -0.740. The summed E-state index contributed by atoms with van der Waals surface area (Å²) in [7, 11) is 1.53. The van der Waals surface area contributed by atoms with E-state index in [2.05, 4.69) is 5.16 Å².